The molecule has 0 spiro atoms. The molecule has 33 heavy (non-hydrogen) atoms. The number of hydrogen-bond acceptors (Lipinski definition) is 4. The van der Waals surface area contributed by atoms with Gasteiger partial charge in [0.25, 0.3) is 0 Å². The van der Waals surface area contributed by atoms with Crippen LogP contribution in [0.4, 0.5) is 0 Å². The molecule has 1 rings (SSSR count). The van der Waals surface area contributed by atoms with Gasteiger partial charge in [-0.05, 0) is 18.6 Å². The van der Waals surface area contributed by atoms with Crippen molar-refractivity contribution in [1.29, 1.82) is 0 Å². The molecular weight excluding hydrogens is 558 g/mol. The second kappa shape index (κ2) is 20.7. The van der Waals surface area contributed by atoms with E-state index in [1.807, 2.05) is 0 Å². The van der Waals surface area contributed by atoms with Crippen LogP contribution in [-0.2, 0) is 7.63 Å². The van der Waals surface area contributed by atoms with Crippen molar-refractivity contribution in [2.24, 2.45) is 0 Å². The smallest absolute Gasteiger partial charge is 0.466 e. The van der Waals surface area contributed by atoms with Crippen molar-refractivity contribution >= 4 is 34.8 Å². The number of phenols is 1. The molecule has 1 aromatic rings. The maximum Gasteiger partial charge on any atom is 0.466 e. The predicted molar refractivity (Wildman–Crippen MR) is 140 cm³/mol. The normalized spacial score (nSPS) is 11.2. The van der Waals surface area contributed by atoms with Crippen LogP contribution in [0.15, 0.2) is 18.2 Å². The van der Waals surface area contributed by atoms with Gasteiger partial charge in [0.15, 0.2) is 27.0 Å². The summed E-state index contributed by atoms with van der Waals surface area (Å²) in [5.74, 6) is 0.00119. The Balaban J connectivity index is 0.00000184. The maximum absolute atomic E-state index is 12.3. The first-order valence-corrected chi connectivity index (χ1v) is 15.6. The van der Waals surface area contributed by atoms with Crippen molar-refractivity contribution in [2.75, 3.05) is 0 Å². The third-order valence-corrected chi connectivity index (χ3v) is 6.94. The predicted octanol–water partition coefficient (Wildman–Crippen LogP) is 7.39. The summed E-state index contributed by atoms with van der Waals surface area (Å²) in [4.78, 5) is 33.8. The SMILES string of the molecule is CCCCCCCCCCCCCCCCCC(=O)c1cccc(O)c1I=O.O=P(O)(O)O. The Labute approximate surface area is 209 Å². The lowest BCUT2D eigenvalue weighted by Gasteiger charge is -2.05. The molecule has 1 aromatic carbocycles. The van der Waals surface area contributed by atoms with Crippen molar-refractivity contribution in [3.8, 4) is 5.75 Å². The number of ketones is 1. The van der Waals surface area contributed by atoms with Crippen molar-refractivity contribution in [3.05, 3.63) is 27.3 Å². The lowest BCUT2D eigenvalue weighted by Crippen LogP contribution is -2.02. The van der Waals surface area contributed by atoms with E-state index >= 15 is 0 Å². The minimum Gasteiger partial charge on any atom is -0.507 e. The third kappa shape index (κ3) is 20.4. The molecular formula is C24H42IO7P. The molecule has 0 aliphatic heterocycles. The fourth-order valence-corrected chi connectivity index (χ4v) is 4.73. The van der Waals surface area contributed by atoms with E-state index in [1.165, 1.54) is 89.5 Å². The summed E-state index contributed by atoms with van der Waals surface area (Å²) in [7, 11) is -4.64. The molecule has 0 saturated carbocycles. The van der Waals surface area contributed by atoms with Crippen LogP contribution in [0, 0.1) is 3.57 Å². The van der Waals surface area contributed by atoms with E-state index in [0.717, 1.165) is 12.8 Å². The summed E-state index contributed by atoms with van der Waals surface area (Å²) in [6, 6.07) is 4.83. The van der Waals surface area contributed by atoms with Crippen LogP contribution in [0.3, 0.4) is 0 Å². The Hall–Kier alpha value is -0.670. The van der Waals surface area contributed by atoms with Crippen molar-refractivity contribution in [3.63, 3.8) is 0 Å². The van der Waals surface area contributed by atoms with Gasteiger partial charge in [0.2, 0.25) is 0 Å². The molecule has 0 aliphatic carbocycles. The molecule has 192 valence electrons. The average Bonchev–Trinajstić information content (AvgIpc) is 2.75. The number of phenolic OH excluding ortho intramolecular Hbond substituents is 1. The van der Waals surface area contributed by atoms with Gasteiger partial charge in [0, 0.05) is 12.0 Å². The van der Waals surface area contributed by atoms with Crippen LogP contribution in [-0.4, -0.2) is 25.6 Å². The van der Waals surface area contributed by atoms with E-state index < -0.39 is 29.0 Å². The number of unbranched alkanes of at least 4 members (excludes halogenated alkanes) is 14. The van der Waals surface area contributed by atoms with E-state index in [4.69, 9.17) is 19.2 Å². The van der Waals surface area contributed by atoms with Crippen molar-refractivity contribution in [2.45, 2.75) is 110 Å². The standard InChI is InChI=1S/C24H39IO3.H3O4P/c1-2-3-4-5-6-7-8-9-10-11-12-13-14-15-16-19-22(26)21-18-17-20-23(27)24(21)25-28;1-5(2,3)4/h17-18,20,27H,2-16,19H2,1H3;(H3,1,2,3,4). The quantitative estimate of drug-likeness (QED) is 0.0598. The molecule has 4 N–H and O–H groups in total. The zero-order chi connectivity index (χ0) is 25.0. The molecule has 0 aliphatic rings. The highest BCUT2D eigenvalue weighted by Crippen LogP contribution is 2.27. The number of hydrogen-bond donors (Lipinski definition) is 4. The molecule has 0 unspecified atom stereocenters. The van der Waals surface area contributed by atoms with Gasteiger partial charge in [0.05, 0.1) is 3.57 Å². The third-order valence-electron chi connectivity index (χ3n) is 5.36. The van der Waals surface area contributed by atoms with Crippen LogP contribution in [0.1, 0.15) is 120 Å². The fourth-order valence-electron chi connectivity index (χ4n) is 3.61. The van der Waals surface area contributed by atoms with E-state index in [9.17, 15) is 13.0 Å². The highest BCUT2D eigenvalue weighted by Gasteiger charge is 2.14. The van der Waals surface area contributed by atoms with E-state index in [-0.39, 0.29) is 11.5 Å². The van der Waals surface area contributed by atoms with Gasteiger partial charge in [-0.15, -0.1) is 0 Å². The number of benzene rings is 1. The Morgan fingerprint density at radius 1 is 0.788 bits per heavy atom. The molecule has 0 aromatic heterocycles. The topological polar surface area (TPSA) is 132 Å². The van der Waals surface area contributed by atoms with Crippen LogP contribution < -0.4 is 0 Å². The van der Waals surface area contributed by atoms with E-state index in [2.05, 4.69) is 6.92 Å². The van der Waals surface area contributed by atoms with Crippen LogP contribution in [0.25, 0.3) is 0 Å². The number of halogens is 1. The van der Waals surface area contributed by atoms with E-state index in [1.54, 1.807) is 12.1 Å². The first-order chi connectivity index (χ1) is 15.7. The van der Waals surface area contributed by atoms with Crippen LogP contribution in [0.5, 0.6) is 5.75 Å². The lowest BCUT2D eigenvalue weighted by atomic mass is 10.0. The molecule has 9 heteroatoms. The number of phosphoric acid groups is 1. The summed E-state index contributed by atoms with van der Waals surface area (Å²) in [6.45, 7) is 2.27. The molecule has 0 bridgehead atoms. The summed E-state index contributed by atoms with van der Waals surface area (Å²) < 4.78 is 20.5. The Morgan fingerprint density at radius 2 is 1.18 bits per heavy atom. The van der Waals surface area contributed by atoms with Crippen LogP contribution >= 0.6 is 29.0 Å². The minimum atomic E-state index is -4.64. The molecule has 0 heterocycles. The Kier molecular flexibility index (Phi) is 20.3. The highest BCUT2D eigenvalue weighted by molar-refractivity contribution is 14.1. The zero-order valence-electron chi connectivity index (χ0n) is 19.9. The zero-order valence-corrected chi connectivity index (χ0v) is 22.9. The molecule has 0 radical (unpaired) electrons. The number of carbonyl (C=O) groups excluding carboxylic acids is 1. The minimum absolute atomic E-state index is 0.00913. The van der Waals surface area contributed by atoms with Crippen LogP contribution in [0.2, 0.25) is 0 Å². The van der Waals surface area contributed by atoms with Crippen molar-refractivity contribution < 1.29 is 32.2 Å². The Morgan fingerprint density at radius 3 is 1.58 bits per heavy atom. The van der Waals surface area contributed by atoms with Gasteiger partial charge in [-0.3, -0.25) is 7.86 Å². The van der Waals surface area contributed by atoms with Gasteiger partial charge >= 0.3 is 7.82 Å². The number of aromatic hydroxyl groups is 1. The lowest BCUT2D eigenvalue weighted by molar-refractivity contribution is 0.0977. The molecule has 0 fully saturated rings. The van der Waals surface area contributed by atoms with Gasteiger partial charge in [-0.1, -0.05) is 103 Å². The van der Waals surface area contributed by atoms with Gasteiger partial charge < -0.3 is 19.8 Å². The molecule has 0 amide bonds. The average molecular weight is 600 g/mol. The summed E-state index contributed by atoms with van der Waals surface area (Å²) >= 11 is -1.53. The summed E-state index contributed by atoms with van der Waals surface area (Å²) in [6.07, 6.45) is 20.1. The number of carbonyl (C=O) groups is 1. The number of rotatable bonds is 18. The van der Waals surface area contributed by atoms with Gasteiger partial charge in [-0.25, -0.2) is 4.57 Å². The van der Waals surface area contributed by atoms with Crippen molar-refractivity contribution in [1.82, 2.24) is 0 Å². The highest BCUT2D eigenvalue weighted by atomic mass is 127. The fraction of sp³-hybridized carbons (Fsp3) is 0.708. The Bertz CT molecular complexity index is 698. The maximum atomic E-state index is 12.3. The summed E-state index contributed by atoms with van der Waals surface area (Å²) in [5, 5.41) is 9.72. The summed E-state index contributed by atoms with van der Waals surface area (Å²) in [5.41, 5.74) is 0.452. The second-order valence-corrected chi connectivity index (χ2v) is 10.9. The first kappa shape index (κ1) is 32.3. The number of Topliss-reactive ketones (excluding diaryl/α,β-unsaturated/α-hetero) is 1. The first-order valence-electron chi connectivity index (χ1n) is 12.1. The monoisotopic (exact) mass is 600 g/mol. The van der Waals surface area contributed by atoms with Gasteiger partial charge in [-0.2, -0.15) is 0 Å². The molecule has 0 saturated heterocycles. The largest absolute Gasteiger partial charge is 0.507 e. The second-order valence-electron chi connectivity index (χ2n) is 8.35. The van der Waals surface area contributed by atoms with Gasteiger partial charge in [0.1, 0.15) is 5.75 Å². The molecule has 7 nitrogen and oxygen atoms in total. The van der Waals surface area contributed by atoms with E-state index in [0.29, 0.717) is 15.6 Å². The molecule has 0 atom stereocenters.